The molecule has 0 aliphatic rings. The van der Waals surface area contributed by atoms with E-state index in [1.165, 1.54) is 0 Å². The van der Waals surface area contributed by atoms with Crippen molar-refractivity contribution >= 4 is 5.78 Å². The molecule has 0 fully saturated rings. The summed E-state index contributed by atoms with van der Waals surface area (Å²) in [7, 11) is 0. The van der Waals surface area contributed by atoms with Gasteiger partial charge in [-0.3, -0.25) is 18.9 Å². The van der Waals surface area contributed by atoms with Crippen LogP contribution in [0.1, 0.15) is 54.4 Å². The number of para-hydroxylation sites is 1. The number of nitrogens with zero attached hydrogens (tertiary/aromatic N) is 6. The van der Waals surface area contributed by atoms with Gasteiger partial charge in [-0.15, -0.1) is 10.2 Å². The van der Waals surface area contributed by atoms with E-state index in [2.05, 4.69) is 32.5 Å². The summed E-state index contributed by atoms with van der Waals surface area (Å²) in [5.74, 6) is 0.422. The molecule has 192 valence electrons. The molecule has 3 heterocycles. The van der Waals surface area contributed by atoms with Crippen LogP contribution in [0, 0.1) is 0 Å². The van der Waals surface area contributed by atoms with Crippen LogP contribution < -0.4 is 5.69 Å². The van der Waals surface area contributed by atoms with Crippen LogP contribution in [-0.2, 0) is 19.4 Å². The van der Waals surface area contributed by atoms with Gasteiger partial charge in [-0.25, -0.2) is 4.79 Å². The van der Waals surface area contributed by atoms with Gasteiger partial charge in [-0.1, -0.05) is 56.7 Å². The van der Waals surface area contributed by atoms with Crippen molar-refractivity contribution in [1.82, 2.24) is 34.7 Å². The smallest absolute Gasteiger partial charge is 0.294 e. The van der Waals surface area contributed by atoms with E-state index >= 15 is 0 Å². The van der Waals surface area contributed by atoms with Gasteiger partial charge >= 0.3 is 5.69 Å². The number of ketones is 1. The van der Waals surface area contributed by atoms with E-state index in [0.29, 0.717) is 23.6 Å². The summed E-state index contributed by atoms with van der Waals surface area (Å²) in [6.07, 6.45) is 7.73. The maximum absolute atomic E-state index is 13.8. The number of carbonyl (C=O) groups excluding carboxylic acids is 1. The summed E-state index contributed by atoms with van der Waals surface area (Å²) >= 11 is 0. The molecule has 1 N–H and O–H groups in total. The Morgan fingerprint density at radius 2 is 1.84 bits per heavy atom. The molecule has 2 aromatic carbocycles. The average molecular weight is 508 g/mol. The lowest BCUT2D eigenvalue weighted by atomic mass is 10.00. The Bertz CT molecular complexity index is 1630. The van der Waals surface area contributed by atoms with Gasteiger partial charge in [0.2, 0.25) is 5.82 Å². The number of pyridine rings is 1. The molecule has 38 heavy (non-hydrogen) atoms. The van der Waals surface area contributed by atoms with Crippen molar-refractivity contribution in [3.63, 3.8) is 0 Å². The van der Waals surface area contributed by atoms with Gasteiger partial charge in [-0.05, 0) is 59.4 Å². The summed E-state index contributed by atoms with van der Waals surface area (Å²) in [5.41, 5.74) is 6.72. The summed E-state index contributed by atoms with van der Waals surface area (Å²) in [5, 5.41) is 14.3. The fourth-order valence-electron chi connectivity index (χ4n) is 4.83. The van der Waals surface area contributed by atoms with Gasteiger partial charge in [0, 0.05) is 35.4 Å². The molecule has 0 saturated carbocycles. The van der Waals surface area contributed by atoms with Gasteiger partial charge in [0.15, 0.2) is 5.78 Å². The fraction of sp³-hybridized carbons (Fsp3) is 0.241. The van der Waals surface area contributed by atoms with E-state index in [1.807, 2.05) is 60.2 Å². The Hall–Kier alpha value is -4.66. The topological polar surface area (TPSA) is 111 Å². The predicted molar refractivity (Wildman–Crippen MR) is 145 cm³/mol. The van der Waals surface area contributed by atoms with Crippen LogP contribution in [0.2, 0.25) is 0 Å². The summed E-state index contributed by atoms with van der Waals surface area (Å²) in [6.45, 7) is 6.10. The normalized spacial score (nSPS) is 11.1. The number of hydrogen-bond donors (Lipinski definition) is 1. The van der Waals surface area contributed by atoms with Gasteiger partial charge in [-0.2, -0.15) is 5.21 Å². The molecule has 5 rings (SSSR count). The number of benzene rings is 2. The number of aromatic nitrogens is 7. The molecule has 5 aromatic rings. The predicted octanol–water partition coefficient (Wildman–Crippen LogP) is 4.65. The zero-order valence-corrected chi connectivity index (χ0v) is 21.7. The van der Waals surface area contributed by atoms with Crippen molar-refractivity contribution < 1.29 is 4.79 Å². The SMILES string of the molecule is CCCc1cn(-c2c(CC)cccc2C(C)=O)c(=O)n1Cc1ccc(-c2ccncc2-c2nn[nH]n2)cc1. The van der Waals surface area contributed by atoms with Gasteiger partial charge in [0.05, 0.1) is 12.2 Å². The number of H-pyrrole nitrogens is 1. The minimum absolute atomic E-state index is 0.0566. The fourth-order valence-corrected chi connectivity index (χ4v) is 4.83. The van der Waals surface area contributed by atoms with Gasteiger partial charge < -0.3 is 0 Å². The summed E-state index contributed by atoms with van der Waals surface area (Å²) < 4.78 is 3.47. The van der Waals surface area contributed by atoms with E-state index in [9.17, 15) is 9.59 Å². The van der Waals surface area contributed by atoms with Crippen molar-refractivity contribution in [1.29, 1.82) is 0 Å². The molecular formula is C29H29N7O2. The number of nitrogens with one attached hydrogen (secondary N) is 1. The number of imidazole rings is 1. The van der Waals surface area contributed by atoms with Gasteiger partial charge in [0.1, 0.15) is 0 Å². The largest absolute Gasteiger partial charge is 0.333 e. The van der Waals surface area contributed by atoms with Crippen molar-refractivity contribution in [3.8, 4) is 28.2 Å². The number of hydrogen-bond acceptors (Lipinski definition) is 6. The van der Waals surface area contributed by atoms with Crippen LogP contribution in [-0.4, -0.2) is 40.5 Å². The zero-order valence-electron chi connectivity index (χ0n) is 21.7. The standard InChI is InChI=1S/C29H29N7O2/c1-4-7-23-18-36(27-21(5-2)8-6-9-24(27)19(3)37)29(38)35(23)17-20-10-12-22(13-11-20)25-14-15-30-16-26(25)28-31-33-34-32-28/h6,8-16,18H,4-5,7,17H2,1-3H3,(H,31,32,33,34). The van der Waals surface area contributed by atoms with Crippen LogP contribution in [0.25, 0.3) is 28.2 Å². The molecule has 0 aliphatic carbocycles. The van der Waals surface area contributed by atoms with Crippen LogP contribution in [0.3, 0.4) is 0 Å². The van der Waals surface area contributed by atoms with E-state index < -0.39 is 0 Å². The molecule has 0 unspecified atom stereocenters. The second-order valence-corrected chi connectivity index (χ2v) is 9.19. The lowest BCUT2D eigenvalue weighted by Gasteiger charge is -2.12. The Labute approximate surface area is 220 Å². The molecule has 9 heteroatoms. The third-order valence-corrected chi connectivity index (χ3v) is 6.70. The minimum Gasteiger partial charge on any atom is -0.294 e. The van der Waals surface area contributed by atoms with Gasteiger partial charge in [0.25, 0.3) is 0 Å². The van der Waals surface area contributed by atoms with Crippen LogP contribution in [0.4, 0.5) is 0 Å². The highest BCUT2D eigenvalue weighted by molar-refractivity contribution is 5.98. The van der Waals surface area contributed by atoms with E-state index in [-0.39, 0.29) is 11.5 Å². The first kappa shape index (κ1) is 25.0. The maximum Gasteiger partial charge on any atom is 0.333 e. The molecule has 0 aliphatic heterocycles. The number of tetrazole rings is 1. The number of aryl methyl sites for hydroxylation is 2. The van der Waals surface area contributed by atoms with Crippen molar-refractivity contribution in [3.05, 3.63) is 100.0 Å². The number of rotatable bonds is 9. The van der Waals surface area contributed by atoms with Crippen molar-refractivity contribution in [2.45, 2.75) is 46.6 Å². The first-order valence-corrected chi connectivity index (χ1v) is 12.7. The van der Waals surface area contributed by atoms with Crippen LogP contribution >= 0.6 is 0 Å². The Morgan fingerprint density at radius 3 is 2.53 bits per heavy atom. The molecule has 3 aromatic heterocycles. The third-order valence-electron chi connectivity index (χ3n) is 6.70. The van der Waals surface area contributed by atoms with E-state index in [1.54, 1.807) is 30.0 Å². The minimum atomic E-state index is -0.144. The quantitative estimate of drug-likeness (QED) is 0.291. The molecule has 9 nitrogen and oxygen atoms in total. The molecule has 0 bridgehead atoms. The Morgan fingerprint density at radius 1 is 1.03 bits per heavy atom. The summed E-state index contributed by atoms with van der Waals surface area (Å²) in [6, 6.07) is 15.7. The molecule has 0 spiro atoms. The lowest BCUT2D eigenvalue weighted by Crippen LogP contribution is -2.26. The van der Waals surface area contributed by atoms with Crippen LogP contribution in [0.5, 0.6) is 0 Å². The first-order chi connectivity index (χ1) is 18.5. The second kappa shape index (κ2) is 10.8. The Kier molecular flexibility index (Phi) is 7.08. The average Bonchev–Trinajstić information content (AvgIpc) is 3.58. The maximum atomic E-state index is 13.8. The second-order valence-electron chi connectivity index (χ2n) is 9.19. The number of carbonyl (C=O) groups is 1. The van der Waals surface area contributed by atoms with Crippen molar-refractivity contribution in [2.75, 3.05) is 0 Å². The highest BCUT2D eigenvalue weighted by Crippen LogP contribution is 2.29. The third kappa shape index (κ3) is 4.70. The zero-order chi connectivity index (χ0) is 26.6. The first-order valence-electron chi connectivity index (χ1n) is 12.7. The van der Waals surface area contributed by atoms with E-state index in [0.717, 1.165) is 52.8 Å². The summed E-state index contributed by atoms with van der Waals surface area (Å²) in [4.78, 5) is 30.4. The molecule has 0 saturated heterocycles. The molecule has 0 radical (unpaired) electrons. The monoisotopic (exact) mass is 507 g/mol. The lowest BCUT2D eigenvalue weighted by molar-refractivity contribution is 0.101. The number of Topliss-reactive ketones (excluding diaryl/α,β-unsaturated/α-hetero) is 1. The molecule has 0 atom stereocenters. The highest BCUT2D eigenvalue weighted by atomic mass is 16.2. The molecule has 0 amide bonds. The van der Waals surface area contributed by atoms with Crippen molar-refractivity contribution in [2.24, 2.45) is 0 Å². The molecular weight excluding hydrogens is 478 g/mol. The van der Waals surface area contributed by atoms with E-state index in [4.69, 9.17) is 0 Å². The Balaban J connectivity index is 1.52. The number of aromatic amines is 1. The van der Waals surface area contributed by atoms with Crippen LogP contribution in [0.15, 0.2) is 71.9 Å². The highest BCUT2D eigenvalue weighted by Gasteiger charge is 2.19.